The van der Waals surface area contributed by atoms with Gasteiger partial charge < -0.3 is 19.9 Å². The van der Waals surface area contributed by atoms with E-state index < -0.39 is 17.8 Å². The van der Waals surface area contributed by atoms with E-state index in [1.807, 2.05) is 17.2 Å². The Morgan fingerprint density at radius 1 is 1.06 bits per heavy atom. The van der Waals surface area contributed by atoms with Crippen molar-refractivity contribution >= 4 is 29.3 Å². The first kappa shape index (κ1) is 25.7. The van der Waals surface area contributed by atoms with Gasteiger partial charge in [-0.05, 0) is 48.8 Å². The maximum absolute atomic E-state index is 13.1. The van der Waals surface area contributed by atoms with E-state index in [0.29, 0.717) is 49.8 Å². The number of para-hydroxylation sites is 1. The van der Waals surface area contributed by atoms with Crippen molar-refractivity contribution in [1.82, 2.24) is 10.2 Å². The van der Waals surface area contributed by atoms with Gasteiger partial charge in [0.25, 0.3) is 5.91 Å². The number of carbonyl (C=O) groups excluding carboxylic acids is 2. The third kappa shape index (κ3) is 7.31. The second kappa shape index (κ2) is 12.0. The van der Waals surface area contributed by atoms with Crippen molar-refractivity contribution in [2.45, 2.75) is 18.6 Å². The highest BCUT2D eigenvalue weighted by molar-refractivity contribution is 7.98. The molecule has 0 saturated carbocycles. The highest BCUT2D eigenvalue weighted by Gasteiger charge is 2.32. The van der Waals surface area contributed by atoms with Crippen LogP contribution >= 0.6 is 11.8 Å². The third-order valence-corrected chi connectivity index (χ3v) is 6.13. The largest absolute Gasteiger partial charge is 0.484 e. The molecular formula is C24H28F3N3O3S. The molecule has 0 unspecified atom stereocenters. The van der Waals surface area contributed by atoms with E-state index in [1.165, 1.54) is 6.07 Å². The summed E-state index contributed by atoms with van der Waals surface area (Å²) in [5, 5.41) is 2.78. The Balaban J connectivity index is 1.56. The molecule has 1 N–H and O–H groups in total. The maximum Gasteiger partial charge on any atom is 0.416 e. The summed E-state index contributed by atoms with van der Waals surface area (Å²) in [5.74, 6) is 0.688. The standard InChI is InChI=1S/C24H28F3N3O3S/c1-34-15-10-21(28-22(31)17-33-20-8-3-2-4-9-20)23(32)30-13-11-29(12-14-30)19-7-5-6-18(16-19)24(25,26)27/h2-9,16,21H,10-15,17H2,1H3,(H,28,31)/t21-/m0/s1. The quantitative estimate of drug-likeness (QED) is 0.575. The van der Waals surface area contributed by atoms with Gasteiger partial charge in [0.2, 0.25) is 5.91 Å². The summed E-state index contributed by atoms with van der Waals surface area (Å²) in [7, 11) is 0. The van der Waals surface area contributed by atoms with Crippen LogP contribution in [0.25, 0.3) is 0 Å². The summed E-state index contributed by atoms with van der Waals surface area (Å²) in [6.45, 7) is 1.35. The second-order valence-corrected chi connectivity index (χ2v) is 8.85. The smallest absolute Gasteiger partial charge is 0.416 e. The zero-order chi connectivity index (χ0) is 24.6. The molecule has 1 atom stereocenters. The van der Waals surface area contributed by atoms with Gasteiger partial charge >= 0.3 is 6.18 Å². The molecule has 2 aromatic carbocycles. The van der Waals surface area contributed by atoms with Crippen molar-refractivity contribution in [3.05, 3.63) is 60.2 Å². The van der Waals surface area contributed by atoms with Gasteiger partial charge in [-0.3, -0.25) is 9.59 Å². The fraction of sp³-hybridized carbons (Fsp3) is 0.417. The molecule has 2 amide bonds. The zero-order valence-electron chi connectivity index (χ0n) is 18.9. The van der Waals surface area contributed by atoms with Crippen LogP contribution in [-0.2, 0) is 15.8 Å². The summed E-state index contributed by atoms with van der Waals surface area (Å²) in [6.07, 6.45) is -2.00. The second-order valence-electron chi connectivity index (χ2n) is 7.86. The molecule has 1 heterocycles. The number of thioether (sulfide) groups is 1. The summed E-state index contributed by atoms with van der Waals surface area (Å²) in [5.41, 5.74) is -0.215. The molecule has 0 aromatic heterocycles. The summed E-state index contributed by atoms with van der Waals surface area (Å²) in [6, 6.07) is 13.5. The van der Waals surface area contributed by atoms with Gasteiger partial charge in [0.15, 0.2) is 6.61 Å². The fourth-order valence-corrected chi connectivity index (χ4v) is 4.15. The van der Waals surface area contributed by atoms with E-state index in [0.717, 1.165) is 12.1 Å². The van der Waals surface area contributed by atoms with Gasteiger partial charge in [0.1, 0.15) is 11.8 Å². The van der Waals surface area contributed by atoms with Gasteiger partial charge in [-0.2, -0.15) is 24.9 Å². The molecule has 1 fully saturated rings. The van der Waals surface area contributed by atoms with Gasteiger partial charge in [0.05, 0.1) is 5.56 Å². The number of benzene rings is 2. The topological polar surface area (TPSA) is 61.9 Å². The lowest BCUT2D eigenvalue weighted by Gasteiger charge is -2.37. The molecule has 2 aromatic rings. The number of rotatable bonds is 9. The summed E-state index contributed by atoms with van der Waals surface area (Å²) >= 11 is 1.58. The number of piperazine rings is 1. The molecule has 34 heavy (non-hydrogen) atoms. The van der Waals surface area contributed by atoms with Gasteiger partial charge in [0, 0.05) is 31.9 Å². The van der Waals surface area contributed by atoms with Crippen molar-refractivity contribution in [2.75, 3.05) is 49.7 Å². The van der Waals surface area contributed by atoms with Crippen LogP contribution in [0.3, 0.4) is 0 Å². The number of carbonyl (C=O) groups is 2. The van der Waals surface area contributed by atoms with E-state index in [-0.39, 0.29) is 18.4 Å². The Kier molecular flexibility index (Phi) is 9.09. The molecule has 184 valence electrons. The SMILES string of the molecule is CSCC[C@H](NC(=O)COc1ccccc1)C(=O)N1CCN(c2cccc(C(F)(F)F)c2)CC1. The van der Waals surface area contributed by atoms with Gasteiger partial charge in [-0.1, -0.05) is 24.3 Å². The van der Waals surface area contributed by atoms with Crippen molar-refractivity contribution < 1.29 is 27.5 Å². The predicted octanol–water partition coefficient (Wildman–Crippen LogP) is 3.67. The number of alkyl halides is 3. The number of ether oxygens (including phenoxy) is 1. The van der Waals surface area contributed by atoms with Crippen molar-refractivity contribution in [3.8, 4) is 5.75 Å². The molecular weight excluding hydrogens is 467 g/mol. The summed E-state index contributed by atoms with van der Waals surface area (Å²) in [4.78, 5) is 29.0. The molecule has 0 radical (unpaired) electrons. The number of nitrogens with zero attached hydrogens (tertiary/aromatic N) is 2. The van der Waals surface area contributed by atoms with Crippen LogP contribution in [-0.4, -0.2) is 67.6 Å². The lowest BCUT2D eigenvalue weighted by Crippen LogP contribution is -2.55. The minimum atomic E-state index is -4.40. The molecule has 1 aliphatic heterocycles. The lowest BCUT2D eigenvalue weighted by molar-refractivity contribution is -0.137. The van der Waals surface area contributed by atoms with Crippen molar-refractivity contribution in [1.29, 1.82) is 0 Å². The predicted molar refractivity (Wildman–Crippen MR) is 127 cm³/mol. The van der Waals surface area contributed by atoms with Crippen LogP contribution in [0.15, 0.2) is 54.6 Å². The van der Waals surface area contributed by atoms with Gasteiger partial charge in [-0.15, -0.1) is 0 Å². The molecule has 10 heteroatoms. The third-order valence-electron chi connectivity index (χ3n) is 5.49. The number of nitrogens with one attached hydrogen (secondary N) is 1. The van der Waals surface area contributed by atoms with Crippen LogP contribution in [0.5, 0.6) is 5.75 Å². The molecule has 1 aliphatic rings. The average molecular weight is 496 g/mol. The van der Waals surface area contributed by atoms with Crippen molar-refractivity contribution in [2.24, 2.45) is 0 Å². The van der Waals surface area contributed by atoms with Crippen LogP contribution in [0, 0.1) is 0 Å². The Morgan fingerprint density at radius 3 is 2.41 bits per heavy atom. The van der Waals surface area contributed by atoms with E-state index in [1.54, 1.807) is 47.0 Å². The summed E-state index contributed by atoms with van der Waals surface area (Å²) < 4.78 is 44.6. The number of amides is 2. The fourth-order valence-electron chi connectivity index (χ4n) is 3.68. The Morgan fingerprint density at radius 2 is 1.76 bits per heavy atom. The minimum absolute atomic E-state index is 0.189. The first-order valence-corrected chi connectivity index (χ1v) is 12.3. The van der Waals surface area contributed by atoms with Crippen LogP contribution in [0.4, 0.5) is 18.9 Å². The minimum Gasteiger partial charge on any atom is -0.484 e. The molecule has 6 nitrogen and oxygen atoms in total. The molecule has 1 saturated heterocycles. The van der Waals surface area contributed by atoms with E-state index in [2.05, 4.69) is 5.32 Å². The zero-order valence-corrected chi connectivity index (χ0v) is 19.7. The number of halogens is 3. The average Bonchev–Trinajstić information content (AvgIpc) is 2.85. The highest BCUT2D eigenvalue weighted by atomic mass is 32.2. The Hall–Kier alpha value is -2.88. The molecule has 0 aliphatic carbocycles. The first-order chi connectivity index (χ1) is 16.3. The maximum atomic E-state index is 13.1. The molecule has 0 bridgehead atoms. The van der Waals surface area contributed by atoms with Crippen LogP contribution in [0.2, 0.25) is 0 Å². The van der Waals surface area contributed by atoms with Crippen LogP contribution in [0.1, 0.15) is 12.0 Å². The monoisotopic (exact) mass is 495 g/mol. The highest BCUT2D eigenvalue weighted by Crippen LogP contribution is 2.32. The lowest BCUT2D eigenvalue weighted by atomic mass is 10.1. The van der Waals surface area contributed by atoms with E-state index in [4.69, 9.17) is 4.74 Å². The number of hydrogen-bond donors (Lipinski definition) is 1. The van der Waals surface area contributed by atoms with Gasteiger partial charge in [-0.25, -0.2) is 0 Å². The van der Waals surface area contributed by atoms with Crippen molar-refractivity contribution in [3.63, 3.8) is 0 Å². The number of anilines is 1. The van der Waals surface area contributed by atoms with E-state index in [9.17, 15) is 22.8 Å². The molecule has 0 spiro atoms. The number of hydrogen-bond acceptors (Lipinski definition) is 5. The van der Waals surface area contributed by atoms with Crippen LogP contribution < -0.4 is 15.0 Å². The first-order valence-electron chi connectivity index (χ1n) is 10.9. The van der Waals surface area contributed by atoms with E-state index >= 15 is 0 Å². The molecule has 3 rings (SSSR count). The Bertz CT molecular complexity index is 951. The normalized spacial score (nSPS) is 15.1. The Labute approximate surface area is 201 Å².